The second-order valence-electron chi connectivity index (χ2n) is 5.49. The number of amides is 2. The molecule has 1 fully saturated rings. The number of benzene rings is 2. The van der Waals surface area contributed by atoms with Gasteiger partial charge in [-0.25, -0.2) is 0 Å². The number of carbonyl (C=O) groups is 2. The standard InChI is InChI=1S/C19H18N2O2/c22-18(12-11-15-7-3-1-4-8-15)20-16-13-19(23)21(14-16)17-9-5-2-6-10-17/h1-12,16H,13-14H2,(H,20,22)/b12-11-/t16-/m1/s1. The van der Waals surface area contributed by atoms with Crippen LogP contribution in [0.1, 0.15) is 12.0 Å². The first-order valence-electron chi connectivity index (χ1n) is 7.61. The summed E-state index contributed by atoms with van der Waals surface area (Å²) in [6, 6.07) is 19.0. The molecule has 2 amide bonds. The molecule has 1 N–H and O–H groups in total. The molecule has 3 rings (SSSR count). The number of nitrogens with one attached hydrogen (secondary N) is 1. The molecule has 1 aliphatic heterocycles. The van der Waals surface area contributed by atoms with Gasteiger partial charge in [-0.05, 0) is 23.8 Å². The van der Waals surface area contributed by atoms with E-state index < -0.39 is 0 Å². The average molecular weight is 306 g/mol. The SMILES string of the molecule is O=C(/C=C\c1ccccc1)N[C@@H]1CC(=O)N(c2ccccc2)C1. The van der Waals surface area contributed by atoms with Gasteiger partial charge >= 0.3 is 0 Å². The number of carbonyl (C=O) groups excluding carboxylic acids is 2. The summed E-state index contributed by atoms with van der Waals surface area (Å²) in [5.41, 5.74) is 1.84. The van der Waals surface area contributed by atoms with E-state index in [0.717, 1.165) is 11.3 Å². The van der Waals surface area contributed by atoms with Gasteiger partial charge in [0.2, 0.25) is 11.8 Å². The van der Waals surface area contributed by atoms with Crippen LogP contribution in [-0.2, 0) is 9.59 Å². The van der Waals surface area contributed by atoms with Crippen molar-refractivity contribution in [2.75, 3.05) is 11.4 Å². The summed E-state index contributed by atoms with van der Waals surface area (Å²) in [5.74, 6) is -0.143. The zero-order chi connectivity index (χ0) is 16.1. The van der Waals surface area contributed by atoms with Gasteiger partial charge in [0.05, 0.1) is 6.04 Å². The summed E-state index contributed by atoms with van der Waals surface area (Å²) < 4.78 is 0. The van der Waals surface area contributed by atoms with Crippen LogP contribution in [0.15, 0.2) is 66.7 Å². The third-order valence-corrected chi connectivity index (χ3v) is 3.77. The predicted molar refractivity (Wildman–Crippen MR) is 90.8 cm³/mol. The van der Waals surface area contributed by atoms with Crippen molar-refractivity contribution in [3.63, 3.8) is 0 Å². The third-order valence-electron chi connectivity index (χ3n) is 3.77. The van der Waals surface area contributed by atoms with E-state index in [2.05, 4.69) is 5.32 Å². The Morgan fingerprint density at radius 2 is 1.70 bits per heavy atom. The molecule has 23 heavy (non-hydrogen) atoms. The molecule has 0 aromatic heterocycles. The molecule has 0 radical (unpaired) electrons. The van der Waals surface area contributed by atoms with E-state index in [1.807, 2.05) is 60.7 Å². The van der Waals surface area contributed by atoms with Crippen molar-refractivity contribution in [1.82, 2.24) is 5.32 Å². The minimum atomic E-state index is -0.179. The lowest BCUT2D eigenvalue weighted by Crippen LogP contribution is -2.36. The van der Waals surface area contributed by atoms with E-state index in [0.29, 0.717) is 13.0 Å². The summed E-state index contributed by atoms with van der Waals surface area (Å²) >= 11 is 0. The molecule has 1 aliphatic rings. The number of nitrogens with zero attached hydrogens (tertiary/aromatic N) is 1. The maximum Gasteiger partial charge on any atom is 0.244 e. The number of rotatable bonds is 4. The van der Waals surface area contributed by atoms with Crippen molar-refractivity contribution in [2.24, 2.45) is 0 Å². The quantitative estimate of drug-likeness (QED) is 0.883. The van der Waals surface area contributed by atoms with Crippen molar-refractivity contribution in [2.45, 2.75) is 12.5 Å². The zero-order valence-corrected chi connectivity index (χ0v) is 12.7. The topological polar surface area (TPSA) is 49.4 Å². The first-order valence-corrected chi connectivity index (χ1v) is 7.61. The fraction of sp³-hybridized carbons (Fsp3) is 0.158. The lowest BCUT2D eigenvalue weighted by atomic mass is 10.2. The average Bonchev–Trinajstić information content (AvgIpc) is 2.95. The van der Waals surface area contributed by atoms with Crippen molar-refractivity contribution in [3.8, 4) is 0 Å². The van der Waals surface area contributed by atoms with Gasteiger partial charge in [0.25, 0.3) is 0 Å². The summed E-state index contributed by atoms with van der Waals surface area (Å²) in [6.07, 6.45) is 3.60. The fourth-order valence-electron chi connectivity index (χ4n) is 2.65. The molecule has 2 aromatic rings. The molecule has 0 unspecified atom stereocenters. The van der Waals surface area contributed by atoms with Gasteiger partial charge in [0.15, 0.2) is 0 Å². The second kappa shape index (κ2) is 6.92. The first-order chi connectivity index (χ1) is 11.2. The van der Waals surface area contributed by atoms with Gasteiger partial charge in [-0.2, -0.15) is 0 Å². The predicted octanol–water partition coefficient (Wildman–Crippen LogP) is 2.62. The van der Waals surface area contributed by atoms with Crippen molar-refractivity contribution >= 4 is 23.6 Å². The highest BCUT2D eigenvalue weighted by Crippen LogP contribution is 2.20. The summed E-state index contributed by atoms with van der Waals surface area (Å²) in [7, 11) is 0. The Morgan fingerprint density at radius 1 is 1.04 bits per heavy atom. The third kappa shape index (κ3) is 3.86. The summed E-state index contributed by atoms with van der Waals surface area (Å²) in [5, 5.41) is 2.89. The summed E-state index contributed by atoms with van der Waals surface area (Å²) in [4.78, 5) is 25.8. The molecule has 116 valence electrons. The summed E-state index contributed by atoms with van der Waals surface area (Å²) in [6.45, 7) is 0.508. The molecule has 0 spiro atoms. The minimum absolute atomic E-state index is 0.0357. The molecule has 4 heteroatoms. The van der Waals surface area contributed by atoms with E-state index in [-0.39, 0.29) is 17.9 Å². The maximum atomic E-state index is 12.1. The van der Waals surface area contributed by atoms with Gasteiger partial charge in [0, 0.05) is 24.7 Å². The monoisotopic (exact) mass is 306 g/mol. The minimum Gasteiger partial charge on any atom is -0.347 e. The maximum absolute atomic E-state index is 12.1. The van der Waals surface area contributed by atoms with E-state index in [1.165, 1.54) is 6.08 Å². The molecule has 2 aromatic carbocycles. The van der Waals surface area contributed by atoms with E-state index in [1.54, 1.807) is 11.0 Å². The van der Waals surface area contributed by atoms with Crippen LogP contribution in [0.2, 0.25) is 0 Å². The normalized spacial score (nSPS) is 17.7. The highest BCUT2D eigenvalue weighted by atomic mass is 16.2. The van der Waals surface area contributed by atoms with Gasteiger partial charge in [-0.3, -0.25) is 9.59 Å². The van der Waals surface area contributed by atoms with Crippen molar-refractivity contribution in [1.29, 1.82) is 0 Å². The van der Waals surface area contributed by atoms with Gasteiger partial charge in [-0.1, -0.05) is 48.5 Å². The van der Waals surface area contributed by atoms with Crippen LogP contribution in [0.3, 0.4) is 0 Å². The Balaban J connectivity index is 1.58. The van der Waals surface area contributed by atoms with Crippen LogP contribution in [-0.4, -0.2) is 24.4 Å². The smallest absolute Gasteiger partial charge is 0.244 e. The molecule has 1 saturated heterocycles. The lowest BCUT2D eigenvalue weighted by molar-refractivity contribution is -0.117. The van der Waals surface area contributed by atoms with Crippen LogP contribution in [0, 0.1) is 0 Å². The zero-order valence-electron chi connectivity index (χ0n) is 12.7. The molecule has 1 heterocycles. The molecular formula is C19H18N2O2. The molecule has 0 saturated carbocycles. The molecule has 4 nitrogen and oxygen atoms in total. The molecule has 1 atom stereocenters. The Hall–Kier alpha value is -2.88. The Labute approximate surface area is 135 Å². The number of hydrogen-bond donors (Lipinski definition) is 1. The van der Waals surface area contributed by atoms with Crippen LogP contribution >= 0.6 is 0 Å². The number of hydrogen-bond acceptors (Lipinski definition) is 2. The molecular weight excluding hydrogens is 288 g/mol. The van der Waals surface area contributed by atoms with Crippen LogP contribution < -0.4 is 10.2 Å². The van der Waals surface area contributed by atoms with Crippen molar-refractivity contribution in [3.05, 3.63) is 72.3 Å². The lowest BCUT2D eigenvalue weighted by Gasteiger charge is -2.16. The largest absolute Gasteiger partial charge is 0.347 e. The highest BCUT2D eigenvalue weighted by Gasteiger charge is 2.30. The van der Waals surface area contributed by atoms with Gasteiger partial charge < -0.3 is 10.2 Å². The van der Waals surface area contributed by atoms with E-state index in [4.69, 9.17) is 0 Å². The van der Waals surface area contributed by atoms with E-state index >= 15 is 0 Å². The number of anilines is 1. The molecule has 0 bridgehead atoms. The first kappa shape index (κ1) is 15.0. The van der Waals surface area contributed by atoms with Gasteiger partial charge in [0.1, 0.15) is 0 Å². The van der Waals surface area contributed by atoms with Gasteiger partial charge in [-0.15, -0.1) is 0 Å². The fourth-order valence-corrected chi connectivity index (χ4v) is 2.65. The number of para-hydroxylation sites is 1. The second-order valence-corrected chi connectivity index (χ2v) is 5.49. The van der Waals surface area contributed by atoms with Crippen molar-refractivity contribution < 1.29 is 9.59 Å². The van der Waals surface area contributed by atoms with Crippen LogP contribution in [0.5, 0.6) is 0 Å². The van der Waals surface area contributed by atoms with E-state index in [9.17, 15) is 9.59 Å². The Kier molecular flexibility index (Phi) is 4.52. The highest BCUT2D eigenvalue weighted by molar-refractivity contribution is 5.98. The van der Waals surface area contributed by atoms with Crippen LogP contribution in [0.4, 0.5) is 5.69 Å². The van der Waals surface area contributed by atoms with Crippen LogP contribution in [0.25, 0.3) is 6.08 Å². The molecule has 0 aliphatic carbocycles. The Bertz CT molecular complexity index is 711. The Morgan fingerprint density at radius 3 is 2.39 bits per heavy atom.